The maximum absolute atomic E-state index is 9.87. The van der Waals surface area contributed by atoms with Crippen molar-refractivity contribution >= 4 is 0 Å². The Labute approximate surface area is 86.0 Å². The molecule has 1 aliphatic carbocycles. The van der Waals surface area contributed by atoms with Crippen molar-refractivity contribution in [3.63, 3.8) is 0 Å². The molecule has 1 N–H and O–H groups in total. The average molecular weight is 199 g/mol. The van der Waals surface area contributed by atoms with E-state index in [9.17, 15) is 5.11 Å². The van der Waals surface area contributed by atoms with E-state index in [1.807, 2.05) is 0 Å². The van der Waals surface area contributed by atoms with Crippen molar-refractivity contribution in [3.05, 3.63) is 0 Å². The molecule has 1 saturated carbocycles. The van der Waals surface area contributed by atoms with Gasteiger partial charge in [-0.15, -0.1) is 0 Å². The Morgan fingerprint density at radius 1 is 1.36 bits per heavy atom. The largest absolute Gasteiger partial charge is 0.391 e. The molecule has 82 valence electrons. The molecule has 2 fully saturated rings. The van der Waals surface area contributed by atoms with Crippen LogP contribution in [-0.2, 0) is 4.74 Å². The first kappa shape index (κ1) is 10.4. The molecular formula is C11H21NO2. The second kappa shape index (κ2) is 4.60. The van der Waals surface area contributed by atoms with Crippen LogP contribution in [0.1, 0.15) is 32.6 Å². The maximum Gasteiger partial charge on any atom is 0.0695 e. The lowest BCUT2D eigenvalue weighted by Gasteiger charge is -2.34. The lowest BCUT2D eigenvalue weighted by molar-refractivity contribution is 0.0415. The zero-order chi connectivity index (χ0) is 9.97. The number of nitrogens with zero attached hydrogens (tertiary/aromatic N) is 1. The fourth-order valence-electron chi connectivity index (χ4n) is 2.85. The molecule has 0 spiro atoms. The molecule has 3 nitrogen and oxygen atoms in total. The highest BCUT2D eigenvalue weighted by Gasteiger charge is 2.34. The lowest BCUT2D eigenvalue weighted by atomic mass is 10.1. The van der Waals surface area contributed by atoms with Crippen molar-refractivity contribution in [2.45, 2.75) is 50.8 Å². The minimum absolute atomic E-state index is 0.101. The summed E-state index contributed by atoms with van der Waals surface area (Å²) >= 11 is 0. The first-order valence-corrected chi connectivity index (χ1v) is 5.84. The normalized spacial score (nSPS) is 38.4. The van der Waals surface area contributed by atoms with E-state index in [-0.39, 0.29) is 6.10 Å². The summed E-state index contributed by atoms with van der Waals surface area (Å²) in [6.07, 6.45) is 4.35. The summed E-state index contributed by atoms with van der Waals surface area (Å²) in [5.41, 5.74) is 0. The van der Waals surface area contributed by atoms with Crippen LogP contribution >= 0.6 is 0 Å². The Morgan fingerprint density at radius 3 is 2.71 bits per heavy atom. The van der Waals surface area contributed by atoms with Crippen LogP contribution in [0, 0.1) is 0 Å². The molecule has 1 heterocycles. The summed E-state index contributed by atoms with van der Waals surface area (Å²) in [6, 6.07) is 0.949. The van der Waals surface area contributed by atoms with Crippen molar-refractivity contribution in [2.24, 2.45) is 0 Å². The molecule has 0 aromatic heterocycles. The van der Waals surface area contributed by atoms with Gasteiger partial charge in [0, 0.05) is 18.7 Å². The molecule has 1 unspecified atom stereocenters. The van der Waals surface area contributed by atoms with Crippen LogP contribution in [0.25, 0.3) is 0 Å². The Hall–Kier alpha value is -0.120. The van der Waals surface area contributed by atoms with Gasteiger partial charge in [0.25, 0.3) is 0 Å². The molecule has 0 radical (unpaired) electrons. The predicted octanol–water partition coefficient (Wildman–Crippen LogP) is 1.01. The summed E-state index contributed by atoms with van der Waals surface area (Å²) in [5, 5.41) is 9.87. The average Bonchev–Trinajstić information content (AvgIpc) is 2.80. The second-order valence-electron chi connectivity index (χ2n) is 4.41. The molecule has 3 atom stereocenters. The zero-order valence-corrected chi connectivity index (χ0v) is 8.98. The Kier molecular flexibility index (Phi) is 3.42. The third-order valence-corrected chi connectivity index (χ3v) is 3.61. The van der Waals surface area contributed by atoms with Gasteiger partial charge in [-0.1, -0.05) is 6.92 Å². The van der Waals surface area contributed by atoms with Crippen LogP contribution in [0.5, 0.6) is 0 Å². The molecule has 1 saturated heterocycles. The van der Waals surface area contributed by atoms with Crippen molar-refractivity contribution in [3.8, 4) is 0 Å². The van der Waals surface area contributed by atoms with Gasteiger partial charge in [-0.3, -0.25) is 4.90 Å². The van der Waals surface area contributed by atoms with E-state index >= 15 is 0 Å². The number of likely N-dealkylation sites (N-methyl/N-ethyl adjacent to an activating group) is 1. The van der Waals surface area contributed by atoms with Gasteiger partial charge < -0.3 is 9.84 Å². The Balaban J connectivity index is 1.96. The standard InChI is InChI=1S/C11H21NO2/c1-2-12(9-6-7-14-8-9)10-4-3-5-11(10)13/h9-11,13H,2-8H2,1H3/t9?,10-,11-/m0/s1. The molecule has 0 amide bonds. The van der Waals surface area contributed by atoms with E-state index in [1.54, 1.807) is 0 Å². The van der Waals surface area contributed by atoms with Crippen molar-refractivity contribution < 1.29 is 9.84 Å². The van der Waals surface area contributed by atoms with E-state index in [0.717, 1.165) is 39.0 Å². The summed E-state index contributed by atoms with van der Waals surface area (Å²) in [4.78, 5) is 2.45. The van der Waals surface area contributed by atoms with Gasteiger partial charge in [-0.25, -0.2) is 0 Å². The number of hydrogen-bond donors (Lipinski definition) is 1. The number of ether oxygens (including phenoxy) is 1. The monoisotopic (exact) mass is 199 g/mol. The van der Waals surface area contributed by atoms with Crippen molar-refractivity contribution in [1.82, 2.24) is 4.90 Å². The molecule has 3 heteroatoms. The van der Waals surface area contributed by atoms with Gasteiger partial charge in [-0.2, -0.15) is 0 Å². The van der Waals surface area contributed by atoms with Gasteiger partial charge in [0.05, 0.1) is 12.7 Å². The van der Waals surface area contributed by atoms with Crippen molar-refractivity contribution in [1.29, 1.82) is 0 Å². The fourth-order valence-corrected chi connectivity index (χ4v) is 2.85. The van der Waals surface area contributed by atoms with E-state index in [4.69, 9.17) is 4.74 Å². The number of rotatable bonds is 3. The quantitative estimate of drug-likeness (QED) is 0.736. The zero-order valence-electron chi connectivity index (χ0n) is 8.98. The van der Waals surface area contributed by atoms with E-state index in [2.05, 4.69) is 11.8 Å². The lowest BCUT2D eigenvalue weighted by Crippen LogP contribution is -2.47. The van der Waals surface area contributed by atoms with Gasteiger partial charge in [-0.05, 0) is 32.2 Å². The van der Waals surface area contributed by atoms with E-state index in [1.165, 1.54) is 6.42 Å². The Bertz CT molecular complexity index is 180. The smallest absolute Gasteiger partial charge is 0.0695 e. The predicted molar refractivity (Wildman–Crippen MR) is 55.2 cm³/mol. The van der Waals surface area contributed by atoms with Crippen LogP contribution in [0.15, 0.2) is 0 Å². The second-order valence-corrected chi connectivity index (χ2v) is 4.41. The van der Waals surface area contributed by atoms with E-state index in [0.29, 0.717) is 12.1 Å². The fraction of sp³-hybridized carbons (Fsp3) is 1.00. The molecule has 0 aromatic rings. The van der Waals surface area contributed by atoms with Crippen LogP contribution in [-0.4, -0.2) is 48.0 Å². The summed E-state index contributed by atoms with van der Waals surface area (Å²) < 4.78 is 5.41. The molecule has 14 heavy (non-hydrogen) atoms. The van der Waals surface area contributed by atoms with Crippen LogP contribution in [0.2, 0.25) is 0 Å². The van der Waals surface area contributed by atoms with Crippen LogP contribution in [0.3, 0.4) is 0 Å². The number of hydrogen-bond acceptors (Lipinski definition) is 3. The minimum atomic E-state index is -0.101. The topological polar surface area (TPSA) is 32.7 Å². The maximum atomic E-state index is 9.87. The van der Waals surface area contributed by atoms with Gasteiger partial charge in [0.1, 0.15) is 0 Å². The number of aliphatic hydroxyl groups excluding tert-OH is 1. The van der Waals surface area contributed by atoms with Gasteiger partial charge >= 0.3 is 0 Å². The molecular weight excluding hydrogens is 178 g/mol. The first-order valence-electron chi connectivity index (χ1n) is 5.84. The third kappa shape index (κ3) is 1.95. The number of aliphatic hydroxyl groups is 1. The summed E-state index contributed by atoms with van der Waals surface area (Å²) in [5.74, 6) is 0. The van der Waals surface area contributed by atoms with Crippen LogP contribution < -0.4 is 0 Å². The molecule has 2 aliphatic rings. The molecule has 0 bridgehead atoms. The highest BCUT2D eigenvalue weighted by atomic mass is 16.5. The van der Waals surface area contributed by atoms with E-state index < -0.39 is 0 Å². The van der Waals surface area contributed by atoms with Crippen molar-refractivity contribution in [2.75, 3.05) is 19.8 Å². The minimum Gasteiger partial charge on any atom is -0.391 e. The SMILES string of the molecule is CCN(C1CCOC1)[C@H]1CCC[C@@H]1O. The van der Waals surface area contributed by atoms with Gasteiger partial charge in [0.15, 0.2) is 0 Å². The van der Waals surface area contributed by atoms with Crippen LogP contribution in [0.4, 0.5) is 0 Å². The highest BCUT2D eigenvalue weighted by Crippen LogP contribution is 2.27. The summed E-state index contributed by atoms with van der Waals surface area (Å²) in [6.45, 7) is 4.97. The third-order valence-electron chi connectivity index (χ3n) is 3.61. The first-order chi connectivity index (χ1) is 6.83. The molecule has 2 rings (SSSR count). The highest BCUT2D eigenvalue weighted by molar-refractivity contribution is 4.89. The van der Waals surface area contributed by atoms with Gasteiger partial charge in [0.2, 0.25) is 0 Å². The molecule has 1 aliphatic heterocycles. The summed E-state index contributed by atoms with van der Waals surface area (Å²) in [7, 11) is 0. The Morgan fingerprint density at radius 2 is 2.21 bits per heavy atom. The molecule has 0 aromatic carbocycles.